The van der Waals surface area contributed by atoms with Gasteiger partial charge in [-0.25, -0.2) is 4.79 Å². The summed E-state index contributed by atoms with van der Waals surface area (Å²) in [6.45, 7) is -0.149. The minimum absolute atomic E-state index is 0.149. The molecular weight excluding hydrogens is 272 g/mol. The molecule has 0 saturated heterocycles. The van der Waals surface area contributed by atoms with E-state index in [-0.39, 0.29) is 6.61 Å². The van der Waals surface area contributed by atoms with Gasteiger partial charge >= 0.3 is 5.97 Å². The molecule has 102 valence electrons. The molecule has 1 aromatic rings. The van der Waals surface area contributed by atoms with E-state index in [2.05, 4.69) is 0 Å². The first-order valence-electron chi connectivity index (χ1n) is 5.69. The van der Waals surface area contributed by atoms with Crippen molar-refractivity contribution in [2.75, 3.05) is 6.61 Å². The minimum Gasteiger partial charge on any atom is -0.492 e. The van der Waals surface area contributed by atoms with E-state index >= 15 is 0 Å². The van der Waals surface area contributed by atoms with Crippen molar-refractivity contribution in [3.05, 3.63) is 47.2 Å². The summed E-state index contributed by atoms with van der Waals surface area (Å²) in [5.41, 5.74) is 0.353. The Bertz CT molecular complexity index is 470. The first-order valence-corrected chi connectivity index (χ1v) is 6.06. The maximum atomic E-state index is 11.7. The second-order valence-corrected chi connectivity index (χ2v) is 4.53. The summed E-state index contributed by atoms with van der Waals surface area (Å²) < 4.78 is 10.1. The molecule has 1 aliphatic rings. The van der Waals surface area contributed by atoms with E-state index in [0.29, 0.717) is 10.6 Å². The van der Waals surface area contributed by atoms with Crippen LogP contribution in [-0.4, -0.2) is 41.1 Å². The standard InChI is InChI=1S/C13H13ClO5/c14-9-3-1-8(2-4-9)13(17)19-7-11-12(16)10(15)5-6-18-11/h1-6,10-12,15-16H,7H2/t10-,11-,12-/m1/s1. The van der Waals surface area contributed by atoms with E-state index in [4.69, 9.17) is 21.1 Å². The highest BCUT2D eigenvalue weighted by Gasteiger charge is 2.30. The van der Waals surface area contributed by atoms with E-state index in [1.54, 1.807) is 12.1 Å². The van der Waals surface area contributed by atoms with Crippen LogP contribution < -0.4 is 0 Å². The van der Waals surface area contributed by atoms with Gasteiger partial charge in [-0.15, -0.1) is 0 Å². The molecule has 19 heavy (non-hydrogen) atoms. The van der Waals surface area contributed by atoms with Crippen molar-refractivity contribution >= 4 is 17.6 Å². The molecule has 0 saturated carbocycles. The Morgan fingerprint density at radius 2 is 2.00 bits per heavy atom. The first kappa shape index (κ1) is 13.9. The minimum atomic E-state index is -1.12. The molecule has 1 heterocycles. The second-order valence-electron chi connectivity index (χ2n) is 4.09. The Morgan fingerprint density at radius 1 is 1.32 bits per heavy atom. The molecule has 0 spiro atoms. The van der Waals surface area contributed by atoms with E-state index < -0.39 is 24.3 Å². The predicted molar refractivity (Wildman–Crippen MR) is 67.8 cm³/mol. The van der Waals surface area contributed by atoms with E-state index in [1.807, 2.05) is 0 Å². The van der Waals surface area contributed by atoms with Crippen LogP contribution in [0.1, 0.15) is 10.4 Å². The predicted octanol–water partition coefficient (Wildman–Crippen LogP) is 1.13. The summed E-state index contributed by atoms with van der Waals surface area (Å²) in [6, 6.07) is 6.24. The van der Waals surface area contributed by atoms with Gasteiger partial charge in [0.25, 0.3) is 0 Å². The number of esters is 1. The van der Waals surface area contributed by atoms with Crippen molar-refractivity contribution in [3.8, 4) is 0 Å². The quantitative estimate of drug-likeness (QED) is 0.814. The van der Waals surface area contributed by atoms with E-state index in [0.717, 1.165) is 0 Å². The molecule has 5 nitrogen and oxygen atoms in total. The fourth-order valence-electron chi connectivity index (χ4n) is 1.61. The van der Waals surface area contributed by atoms with Crippen molar-refractivity contribution in [1.29, 1.82) is 0 Å². The summed E-state index contributed by atoms with van der Waals surface area (Å²) in [4.78, 5) is 11.7. The zero-order valence-corrected chi connectivity index (χ0v) is 10.7. The number of carbonyl (C=O) groups is 1. The van der Waals surface area contributed by atoms with Gasteiger partial charge in [0.1, 0.15) is 18.8 Å². The molecule has 0 aromatic heterocycles. The van der Waals surface area contributed by atoms with E-state index in [1.165, 1.54) is 24.5 Å². The van der Waals surface area contributed by atoms with Gasteiger partial charge in [0.05, 0.1) is 11.8 Å². The average molecular weight is 285 g/mol. The van der Waals surface area contributed by atoms with Crippen LogP contribution in [0.15, 0.2) is 36.6 Å². The number of benzene rings is 1. The van der Waals surface area contributed by atoms with Crippen LogP contribution >= 0.6 is 11.6 Å². The van der Waals surface area contributed by atoms with Gasteiger partial charge in [-0.1, -0.05) is 11.6 Å². The highest BCUT2D eigenvalue weighted by atomic mass is 35.5. The summed E-state index contributed by atoms with van der Waals surface area (Å²) in [7, 11) is 0. The van der Waals surface area contributed by atoms with Crippen molar-refractivity contribution in [1.82, 2.24) is 0 Å². The lowest BCUT2D eigenvalue weighted by atomic mass is 10.1. The summed E-state index contributed by atoms with van der Waals surface area (Å²) in [5.74, 6) is -0.545. The summed E-state index contributed by atoms with van der Waals surface area (Å²) in [5, 5.41) is 19.5. The Hall–Kier alpha value is -1.56. The van der Waals surface area contributed by atoms with Crippen LogP contribution in [0.2, 0.25) is 5.02 Å². The summed E-state index contributed by atoms with van der Waals surface area (Å²) >= 11 is 5.71. The molecule has 0 aliphatic carbocycles. The summed E-state index contributed by atoms with van der Waals surface area (Å²) in [6.07, 6.45) is -0.326. The maximum Gasteiger partial charge on any atom is 0.338 e. The van der Waals surface area contributed by atoms with Crippen LogP contribution in [0.25, 0.3) is 0 Å². The Morgan fingerprint density at radius 3 is 2.68 bits per heavy atom. The van der Waals surface area contributed by atoms with Gasteiger partial charge in [-0.05, 0) is 30.3 Å². The van der Waals surface area contributed by atoms with Crippen molar-refractivity contribution in [2.24, 2.45) is 0 Å². The second kappa shape index (κ2) is 6.06. The van der Waals surface area contributed by atoms with Crippen LogP contribution in [0.3, 0.4) is 0 Å². The maximum absolute atomic E-state index is 11.7. The third-order valence-corrected chi connectivity index (χ3v) is 2.97. The number of ether oxygens (including phenoxy) is 2. The first-order chi connectivity index (χ1) is 9.08. The Kier molecular flexibility index (Phi) is 4.42. The third-order valence-electron chi connectivity index (χ3n) is 2.72. The number of hydrogen-bond acceptors (Lipinski definition) is 5. The fraction of sp³-hybridized carbons (Fsp3) is 0.308. The highest BCUT2D eigenvalue weighted by molar-refractivity contribution is 6.30. The molecule has 0 unspecified atom stereocenters. The van der Waals surface area contributed by atoms with Crippen LogP contribution in [0, 0.1) is 0 Å². The molecular formula is C13H13ClO5. The van der Waals surface area contributed by atoms with Crippen molar-refractivity contribution in [2.45, 2.75) is 18.3 Å². The largest absolute Gasteiger partial charge is 0.492 e. The average Bonchev–Trinajstić information content (AvgIpc) is 2.41. The fourth-order valence-corrected chi connectivity index (χ4v) is 1.73. The molecule has 2 rings (SSSR count). The number of aliphatic hydroxyl groups excluding tert-OH is 2. The molecule has 6 heteroatoms. The number of aliphatic hydroxyl groups is 2. The smallest absolute Gasteiger partial charge is 0.338 e. The van der Waals surface area contributed by atoms with Gasteiger partial charge < -0.3 is 19.7 Å². The number of hydrogen-bond donors (Lipinski definition) is 2. The number of carbonyl (C=O) groups excluding carboxylic acids is 1. The lowest BCUT2D eigenvalue weighted by Gasteiger charge is -2.27. The number of rotatable bonds is 3. The molecule has 0 bridgehead atoms. The van der Waals surface area contributed by atoms with Crippen LogP contribution in [-0.2, 0) is 9.47 Å². The van der Waals surface area contributed by atoms with Gasteiger partial charge in [-0.2, -0.15) is 0 Å². The third kappa shape index (κ3) is 3.47. The van der Waals surface area contributed by atoms with E-state index in [9.17, 15) is 15.0 Å². The van der Waals surface area contributed by atoms with Gasteiger partial charge in [0, 0.05) is 5.02 Å². The molecule has 1 aliphatic heterocycles. The van der Waals surface area contributed by atoms with Crippen molar-refractivity contribution in [3.63, 3.8) is 0 Å². The Labute approximate surface area is 115 Å². The van der Waals surface area contributed by atoms with Gasteiger partial charge in [-0.3, -0.25) is 0 Å². The zero-order valence-electron chi connectivity index (χ0n) is 9.90. The SMILES string of the molecule is O=C(OC[C@H]1OC=C[C@@H](O)[C@H]1O)c1ccc(Cl)cc1. The topological polar surface area (TPSA) is 76.0 Å². The molecule has 0 fully saturated rings. The molecule has 0 amide bonds. The van der Waals surface area contributed by atoms with Crippen LogP contribution in [0.5, 0.6) is 0 Å². The lowest BCUT2D eigenvalue weighted by Crippen LogP contribution is -2.43. The molecule has 1 aromatic carbocycles. The van der Waals surface area contributed by atoms with Gasteiger partial charge in [0.15, 0.2) is 6.10 Å². The molecule has 2 N–H and O–H groups in total. The molecule has 3 atom stereocenters. The highest BCUT2D eigenvalue weighted by Crippen LogP contribution is 2.14. The van der Waals surface area contributed by atoms with Gasteiger partial charge in [0.2, 0.25) is 0 Å². The molecule has 0 radical (unpaired) electrons. The number of halogens is 1. The van der Waals surface area contributed by atoms with Crippen LogP contribution in [0.4, 0.5) is 0 Å². The lowest BCUT2D eigenvalue weighted by molar-refractivity contribution is -0.0844. The normalized spacial score (nSPS) is 25.7. The zero-order chi connectivity index (χ0) is 13.8. The monoisotopic (exact) mass is 284 g/mol. The van der Waals surface area contributed by atoms with Crippen molar-refractivity contribution < 1.29 is 24.5 Å². The Balaban J connectivity index is 1.90.